The molecule has 2 unspecified atom stereocenters. The van der Waals surface area contributed by atoms with Crippen molar-refractivity contribution in [2.24, 2.45) is 0 Å². The molecule has 4 aromatic rings. The number of methoxy groups -OCH3 is 1. The van der Waals surface area contributed by atoms with Crippen molar-refractivity contribution in [3.63, 3.8) is 0 Å². The molecular weight excluding hydrogens is 620 g/mol. The van der Waals surface area contributed by atoms with Crippen LogP contribution >= 0.6 is 11.3 Å². The number of fused-ring (bicyclic) bond motifs is 7. The van der Waals surface area contributed by atoms with Crippen molar-refractivity contribution in [1.29, 1.82) is 0 Å². The van der Waals surface area contributed by atoms with Crippen molar-refractivity contribution in [1.82, 2.24) is 14.6 Å². The Morgan fingerprint density at radius 2 is 1.91 bits per heavy atom. The molecule has 2 aliphatic heterocycles. The van der Waals surface area contributed by atoms with Crippen molar-refractivity contribution in [3.8, 4) is 27.4 Å². The number of nitrogens with zero attached hydrogens (tertiary/aromatic N) is 4. The smallest absolute Gasteiger partial charge is 0.451 e. The molecule has 4 heterocycles. The molecule has 45 heavy (non-hydrogen) atoms. The van der Waals surface area contributed by atoms with Crippen LogP contribution in [0.2, 0.25) is 0 Å². The molecule has 3 aliphatic rings. The summed E-state index contributed by atoms with van der Waals surface area (Å²) in [4.78, 5) is 44.7. The van der Waals surface area contributed by atoms with Gasteiger partial charge in [0, 0.05) is 30.8 Å². The zero-order valence-corrected chi connectivity index (χ0v) is 24.2. The molecule has 1 amide bonds. The van der Waals surface area contributed by atoms with E-state index in [-0.39, 0.29) is 29.1 Å². The van der Waals surface area contributed by atoms with Gasteiger partial charge < -0.3 is 19.1 Å². The lowest BCUT2D eigenvalue weighted by Crippen LogP contribution is -2.66. The zero-order valence-electron chi connectivity index (χ0n) is 23.3. The van der Waals surface area contributed by atoms with Gasteiger partial charge in [0.05, 0.1) is 35.7 Å². The molecule has 0 saturated carbocycles. The van der Waals surface area contributed by atoms with Crippen LogP contribution in [0.25, 0.3) is 21.7 Å². The van der Waals surface area contributed by atoms with Crippen molar-refractivity contribution >= 4 is 23.4 Å². The van der Waals surface area contributed by atoms with E-state index in [0.29, 0.717) is 16.0 Å². The fourth-order valence-corrected chi connectivity index (χ4v) is 7.08. The predicted molar refractivity (Wildman–Crippen MR) is 152 cm³/mol. The van der Waals surface area contributed by atoms with E-state index in [4.69, 9.17) is 9.47 Å². The summed E-state index contributed by atoms with van der Waals surface area (Å²) in [5.74, 6) is -6.74. The Morgan fingerprint density at radius 1 is 1.11 bits per heavy atom. The first-order valence-corrected chi connectivity index (χ1v) is 14.6. The largest absolute Gasteiger partial charge is 0.510 e. The molecule has 10 nitrogen and oxygen atoms in total. The second kappa shape index (κ2) is 10.6. The second-order valence-corrected chi connectivity index (χ2v) is 11.4. The van der Waals surface area contributed by atoms with Crippen molar-refractivity contribution < 1.29 is 41.4 Å². The van der Waals surface area contributed by atoms with Gasteiger partial charge in [-0.15, -0.1) is 11.3 Å². The average Bonchev–Trinajstić information content (AvgIpc) is 3.46. The molecule has 1 fully saturated rings. The van der Waals surface area contributed by atoms with Gasteiger partial charge in [-0.25, -0.2) is 27.3 Å². The monoisotopic (exact) mass is 642 g/mol. The molecule has 0 N–H and O–H groups in total. The Morgan fingerprint density at radius 3 is 2.71 bits per heavy atom. The predicted octanol–water partition coefficient (Wildman–Crippen LogP) is 5.29. The van der Waals surface area contributed by atoms with Gasteiger partial charge in [-0.3, -0.25) is 19.3 Å². The van der Waals surface area contributed by atoms with E-state index in [0.717, 1.165) is 19.2 Å². The Hall–Kier alpha value is -4.92. The summed E-state index contributed by atoms with van der Waals surface area (Å²) < 4.78 is 76.9. The van der Waals surface area contributed by atoms with Gasteiger partial charge in [0.15, 0.2) is 17.3 Å². The lowest BCUT2D eigenvalue weighted by atomic mass is 9.91. The van der Waals surface area contributed by atoms with Gasteiger partial charge in [-0.1, -0.05) is 30.3 Å². The minimum Gasteiger partial charge on any atom is -0.451 e. The Bertz CT molecular complexity index is 1930. The third-order valence-corrected chi connectivity index (χ3v) is 9.01. The molecule has 0 spiro atoms. The first-order valence-electron chi connectivity index (χ1n) is 13.7. The molecule has 1 aliphatic carbocycles. The molecule has 232 valence electrons. The minimum atomic E-state index is -3.18. The fraction of sp³-hybridized carbons (Fsp3) is 0.267. The highest BCUT2D eigenvalue weighted by Crippen LogP contribution is 2.51. The number of piperidine rings is 1. The number of hydrogen-bond acceptors (Lipinski definition) is 9. The zero-order chi connectivity index (χ0) is 31.6. The summed E-state index contributed by atoms with van der Waals surface area (Å²) >= 11 is 1.21. The molecule has 7 rings (SSSR count). The molecule has 0 radical (unpaired) electrons. The van der Waals surface area contributed by atoms with Crippen molar-refractivity contribution in [2.45, 2.75) is 31.0 Å². The number of rotatable bonds is 4. The summed E-state index contributed by atoms with van der Waals surface area (Å²) in [6.07, 6.45) is -2.58. The third-order valence-electron chi connectivity index (χ3n) is 8.15. The Labute approximate surface area is 256 Å². The van der Waals surface area contributed by atoms with Crippen LogP contribution < -0.4 is 15.2 Å². The number of carbonyl (C=O) groups is 2. The van der Waals surface area contributed by atoms with Crippen LogP contribution in [0.5, 0.6) is 5.75 Å². The first-order chi connectivity index (χ1) is 21.6. The SMILES string of the molecule is COC(=O)OCOc1c2n(ccc1=O)N(C1c3ccccc3-c3scnc3-c3c1ccc(F)c3F)C1CC(F)(F)CCN1C2=O. The van der Waals surface area contributed by atoms with E-state index in [2.05, 4.69) is 9.72 Å². The molecule has 0 bridgehead atoms. The normalized spacial score (nSPS) is 19.4. The summed E-state index contributed by atoms with van der Waals surface area (Å²) in [6, 6.07) is 9.29. The molecule has 2 aromatic carbocycles. The van der Waals surface area contributed by atoms with Gasteiger partial charge >= 0.3 is 6.16 Å². The topological polar surface area (TPSA) is 103 Å². The van der Waals surface area contributed by atoms with Crippen LogP contribution in [0.1, 0.15) is 40.5 Å². The highest BCUT2D eigenvalue weighted by molar-refractivity contribution is 7.13. The van der Waals surface area contributed by atoms with Gasteiger partial charge in [-0.2, -0.15) is 0 Å². The molecule has 2 aromatic heterocycles. The van der Waals surface area contributed by atoms with E-state index in [1.54, 1.807) is 24.3 Å². The van der Waals surface area contributed by atoms with Crippen LogP contribution in [0.3, 0.4) is 0 Å². The maximum absolute atomic E-state index is 15.8. The number of pyridine rings is 1. The first kappa shape index (κ1) is 28.8. The number of alkyl halides is 2. The molecular formula is C30H22F4N4O6S. The minimum absolute atomic E-state index is 0.149. The van der Waals surface area contributed by atoms with Crippen molar-refractivity contribution in [3.05, 3.63) is 92.9 Å². The van der Waals surface area contributed by atoms with Crippen LogP contribution in [-0.4, -0.2) is 59.2 Å². The maximum Gasteiger partial charge on any atom is 0.510 e. The number of halogens is 4. The van der Waals surface area contributed by atoms with Crippen LogP contribution in [0.4, 0.5) is 22.4 Å². The quantitative estimate of drug-likeness (QED) is 0.168. The van der Waals surface area contributed by atoms with Gasteiger partial charge in [-0.05, 0) is 22.8 Å². The van der Waals surface area contributed by atoms with E-state index < -0.39 is 72.6 Å². The summed E-state index contributed by atoms with van der Waals surface area (Å²) in [5, 5.41) is 1.46. The molecule has 1 saturated heterocycles. The number of ether oxygens (including phenoxy) is 3. The van der Waals surface area contributed by atoms with Crippen LogP contribution in [0.15, 0.2) is 59.0 Å². The summed E-state index contributed by atoms with van der Waals surface area (Å²) in [6.45, 7) is -1.17. The summed E-state index contributed by atoms with van der Waals surface area (Å²) in [7, 11) is 1.07. The van der Waals surface area contributed by atoms with Gasteiger partial charge in [0.1, 0.15) is 6.17 Å². The standard InChI is InChI=1S/C30H22F4N4O6S/c1-42-29(41)44-14-43-26-19(39)8-10-37-25(26)28(40)36-11-9-30(33,34)12-20(36)38(37)24-15-4-2-3-5-16(15)27-23(35-13-45-27)21-17(24)6-7-18(31)22(21)32/h2-8,10,13,20,24H,9,11-12,14H2,1H3. The number of hydrogen-bond donors (Lipinski definition) is 0. The van der Waals surface area contributed by atoms with E-state index in [1.807, 2.05) is 0 Å². The summed E-state index contributed by atoms with van der Waals surface area (Å²) in [5.41, 5.74) is 1.83. The Kier molecular flexibility index (Phi) is 6.80. The number of aromatic nitrogens is 2. The van der Waals surface area contributed by atoms with Crippen LogP contribution in [-0.2, 0) is 9.47 Å². The third kappa shape index (κ3) is 4.52. The average molecular weight is 643 g/mol. The lowest BCUT2D eigenvalue weighted by molar-refractivity contribution is -0.0785. The molecule has 2 atom stereocenters. The van der Waals surface area contributed by atoms with Gasteiger partial charge in [0.2, 0.25) is 18.0 Å². The number of carbonyl (C=O) groups excluding carboxylic acids is 2. The number of thiazole rings is 1. The second-order valence-electron chi connectivity index (χ2n) is 10.6. The van der Waals surface area contributed by atoms with Crippen LogP contribution in [0, 0.1) is 11.6 Å². The van der Waals surface area contributed by atoms with E-state index in [1.165, 1.54) is 43.7 Å². The molecule has 15 heteroatoms. The number of benzene rings is 2. The highest BCUT2D eigenvalue weighted by Gasteiger charge is 2.52. The maximum atomic E-state index is 15.8. The lowest BCUT2D eigenvalue weighted by Gasteiger charge is -2.53. The fourth-order valence-electron chi connectivity index (χ4n) is 6.24. The van der Waals surface area contributed by atoms with Crippen molar-refractivity contribution in [2.75, 3.05) is 25.5 Å². The Balaban J connectivity index is 1.51. The van der Waals surface area contributed by atoms with E-state index in [9.17, 15) is 18.8 Å². The number of amides is 1. The van der Waals surface area contributed by atoms with E-state index >= 15 is 13.2 Å². The highest BCUT2D eigenvalue weighted by atomic mass is 32.1. The van der Waals surface area contributed by atoms with Gasteiger partial charge in [0.25, 0.3) is 11.8 Å².